The van der Waals surface area contributed by atoms with E-state index in [1.807, 2.05) is 13.8 Å². The Kier molecular flexibility index (Phi) is 6.87. The molecule has 0 saturated carbocycles. The highest BCUT2D eigenvalue weighted by Gasteiger charge is 2.08. The molecule has 0 saturated heterocycles. The molecule has 1 aromatic carbocycles. The van der Waals surface area contributed by atoms with Crippen LogP contribution >= 0.6 is 0 Å². The third kappa shape index (κ3) is 3.88. The smallest absolute Gasteiger partial charge is 0.0398 e. The van der Waals surface area contributed by atoms with Crippen molar-refractivity contribution in [3.8, 4) is 0 Å². The summed E-state index contributed by atoms with van der Waals surface area (Å²) in [5.41, 5.74) is 4.16. The molecule has 0 amide bonds. The fourth-order valence-electron chi connectivity index (χ4n) is 1.62. The highest BCUT2D eigenvalue weighted by molar-refractivity contribution is 5.55. The maximum Gasteiger partial charge on any atom is 0.0398 e. The minimum Gasteiger partial charge on any atom is -0.372 e. The monoisotopic (exact) mass is 221 g/mol. The van der Waals surface area contributed by atoms with Gasteiger partial charge in [-0.15, -0.1) is 0 Å². The Morgan fingerprint density at radius 1 is 1.19 bits per heavy atom. The first-order valence-electron chi connectivity index (χ1n) is 6.38. The molecule has 0 atom stereocenters. The van der Waals surface area contributed by atoms with E-state index in [-0.39, 0.29) is 0 Å². The topological polar surface area (TPSA) is 3.24 Å². The first-order chi connectivity index (χ1) is 7.56. The van der Waals surface area contributed by atoms with Crippen LogP contribution in [-0.4, -0.2) is 13.1 Å². The molecule has 0 aliphatic carbocycles. The number of hydrogen-bond acceptors (Lipinski definition) is 1. The number of rotatable bonds is 3. The van der Waals surface area contributed by atoms with Crippen molar-refractivity contribution in [1.29, 1.82) is 0 Å². The average molecular weight is 221 g/mol. The van der Waals surface area contributed by atoms with Crippen molar-refractivity contribution in [3.05, 3.63) is 29.3 Å². The standard InChI is InChI=1S/C13H21N.C2H6/c1-6-12-9-11(4)7-8-13(12)14(5)10(2)3;1-2/h7-10H,6H2,1-5H3;1-2H3. The van der Waals surface area contributed by atoms with Gasteiger partial charge in [0.1, 0.15) is 0 Å². The summed E-state index contributed by atoms with van der Waals surface area (Å²) in [5.74, 6) is 0. The van der Waals surface area contributed by atoms with Crippen molar-refractivity contribution < 1.29 is 0 Å². The van der Waals surface area contributed by atoms with Crippen LogP contribution in [0, 0.1) is 6.92 Å². The maximum absolute atomic E-state index is 2.33. The molecular formula is C15H27N. The van der Waals surface area contributed by atoms with Gasteiger partial charge in [0.15, 0.2) is 0 Å². The van der Waals surface area contributed by atoms with Gasteiger partial charge in [-0.3, -0.25) is 0 Å². The summed E-state index contributed by atoms with van der Waals surface area (Å²) in [7, 11) is 2.16. The fourth-order valence-corrected chi connectivity index (χ4v) is 1.62. The van der Waals surface area contributed by atoms with E-state index in [1.54, 1.807) is 0 Å². The zero-order chi connectivity index (χ0) is 12.7. The van der Waals surface area contributed by atoms with Crippen LogP contribution in [0.5, 0.6) is 0 Å². The van der Waals surface area contributed by atoms with Gasteiger partial charge in [0.05, 0.1) is 0 Å². The molecule has 0 N–H and O–H groups in total. The van der Waals surface area contributed by atoms with Crippen LogP contribution in [0.3, 0.4) is 0 Å². The number of anilines is 1. The second kappa shape index (κ2) is 7.32. The van der Waals surface area contributed by atoms with E-state index < -0.39 is 0 Å². The van der Waals surface area contributed by atoms with Crippen LogP contribution in [0.2, 0.25) is 0 Å². The van der Waals surface area contributed by atoms with E-state index in [2.05, 4.69) is 57.8 Å². The summed E-state index contributed by atoms with van der Waals surface area (Å²) in [5, 5.41) is 0. The van der Waals surface area contributed by atoms with Gasteiger partial charge in [0.25, 0.3) is 0 Å². The molecule has 0 aromatic heterocycles. The van der Waals surface area contributed by atoms with E-state index in [1.165, 1.54) is 16.8 Å². The molecule has 92 valence electrons. The summed E-state index contributed by atoms with van der Waals surface area (Å²) in [6.07, 6.45) is 1.11. The number of benzene rings is 1. The zero-order valence-electron chi connectivity index (χ0n) is 12.0. The molecule has 0 radical (unpaired) electrons. The molecule has 16 heavy (non-hydrogen) atoms. The minimum absolute atomic E-state index is 0.558. The van der Waals surface area contributed by atoms with E-state index in [9.17, 15) is 0 Å². The van der Waals surface area contributed by atoms with Gasteiger partial charge in [-0.25, -0.2) is 0 Å². The Morgan fingerprint density at radius 3 is 2.19 bits per heavy atom. The summed E-state index contributed by atoms with van der Waals surface area (Å²) < 4.78 is 0. The molecule has 1 rings (SSSR count). The van der Waals surface area contributed by atoms with Gasteiger partial charge in [0, 0.05) is 18.8 Å². The average Bonchev–Trinajstić information content (AvgIpc) is 2.30. The second-order valence-electron chi connectivity index (χ2n) is 4.19. The van der Waals surface area contributed by atoms with Crippen molar-refractivity contribution in [2.24, 2.45) is 0 Å². The third-order valence-electron chi connectivity index (χ3n) is 2.77. The Hall–Kier alpha value is -0.980. The lowest BCUT2D eigenvalue weighted by molar-refractivity contribution is 0.750. The van der Waals surface area contributed by atoms with Gasteiger partial charge in [0.2, 0.25) is 0 Å². The van der Waals surface area contributed by atoms with Gasteiger partial charge in [-0.05, 0) is 38.8 Å². The molecule has 0 unspecified atom stereocenters. The molecule has 1 nitrogen and oxygen atoms in total. The summed E-state index contributed by atoms with van der Waals surface area (Å²) >= 11 is 0. The predicted octanol–water partition coefficient (Wildman–Crippen LogP) is 4.43. The van der Waals surface area contributed by atoms with Crippen LogP contribution in [0.4, 0.5) is 5.69 Å². The predicted molar refractivity (Wildman–Crippen MR) is 75.4 cm³/mol. The quantitative estimate of drug-likeness (QED) is 0.730. The first kappa shape index (κ1) is 15.0. The Labute approximate surface area is 101 Å². The maximum atomic E-state index is 2.33. The molecule has 0 aliphatic heterocycles. The van der Waals surface area contributed by atoms with Crippen LogP contribution in [0.15, 0.2) is 18.2 Å². The van der Waals surface area contributed by atoms with Crippen LogP contribution in [0.25, 0.3) is 0 Å². The molecule has 0 heterocycles. The highest BCUT2D eigenvalue weighted by Crippen LogP contribution is 2.22. The van der Waals surface area contributed by atoms with Crippen molar-refractivity contribution in [2.75, 3.05) is 11.9 Å². The molecular weight excluding hydrogens is 194 g/mol. The lowest BCUT2D eigenvalue weighted by Gasteiger charge is -2.26. The van der Waals surface area contributed by atoms with E-state index in [4.69, 9.17) is 0 Å². The molecule has 0 fully saturated rings. The summed E-state index contributed by atoms with van der Waals surface area (Å²) in [4.78, 5) is 2.33. The Morgan fingerprint density at radius 2 is 1.75 bits per heavy atom. The van der Waals surface area contributed by atoms with Gasteiger partial charge in [-0.1, -0.05) is 38.5 Å². The lowest BCUT2D eigenvalue weighted by atomic mass is 10.1. The number of hydrogen-bond donors (Lipinski definition) is 0. The van der Waals surface area contributed by atoms with Crippen molar-refractivity contribution in [3.63, 3.8) is 0 Å². The highest BCUT2D eigenvalue weighted by atomic mass is 15.1. The van der Waals surface area contributed by atoms with Crippen LogP contribution in [-0.2, 0) is 6.42 Å². The Bertz CT molecular complexity index is 302. The molecule has 0 bridgehead atoms. The SMILES string of the molecule is CC.CCc1cc(C)ccc1N(C)C(C)C. The molecule has 0 spiro atoms. The molecule has 1 aromatic rings. The van der Waals surface area contributed by atoms with Gasteiger partial charge < -0.3 is 4.90 Å². The second-order valence-corrected chi connectivity index (χ2v) is 4.19. The summed E-state index contributed by atoms with van der Waals surface area (Å²) in [6, 6.07) is 7.26. The van der Waals surface area contributed by atoms with Crippen molar-refractivity contribution in [1.82, 2.24) is 0 Å². The van der Waals surface area contributed by atoms with E-state index in [0.29, 0.717) is 6.04 Å². The molecule has 1 heteroatoms. The normalized spacial score (nSPS) is 9.75. The lowest BCUT2D eigenvalue weighted by Crippen LogP contribution is -2.26. The van der Waals surface area contributed by atoms with E-state index >= 15 is 0 Å². The molecule has 0 aliphatic rings. The number of nitrogens with zero attached hydrogens (tertiary/aromatic N) is 1. The van der Waals surface area contributed by atoms with E-state index in [0.717, 1.165) is 6.42 Å². The van der Waals surface area contributed by atoms with Crippen LogP contribution < -0.4 is 4.90 Å². The summed E-state index contributed by atoms with van der Waals surface area (Å²) in [6.45, 7) is 12.8. The fraction of sp³-hybridized carbons (Fsp3) is 0.600. The largest absolute Gasteiger partial charge is 0.372 e. The number of aryl methyl sites for hydroxylation is 2. The van der Waals surface area contributed by atoms with Crippen molar-refractivity contribution in [2.45, 2.75) is 54.0 Å². The first-order valence-corrected chi connectivity index (χ1v) is 6.38. The zero-order valence-corrected chi connectivity index (χ0v) is 12.0. The Balaban J connectivity index is 0.00000106. The van der Waals surface area contributed by atoms with Gasteiger partial charge >= 0.3 is 0 Å². The van der Waals surface area contributed by atoms with Crippen molar-refractivity contribution >= 4 is 5.69 Å². The van der Waals surface area contributed by atoms with Gasteiger partial charge in [-0.2, -0.15) is 0 Å². The third-order valence-corrected chi connectivity index (χ3v) is 2.77. The van der Waals surface area contributed by atoms with Crippen LogP contribution in [0.1, 0.15) is 45.7 Å². The minimum atomic E-state index is 0.558.